The molecule has 170 valence electrons. The zero-order valence-electron chi connectivity index (χ0n) is 19.0. The quantitative estimate of drug-likeness (QED) is 0.569. The molecule has 7 rings (SSSR count). The number of nitrogens with one attached hydrogen (secondary N) is 1. The van der Waals surface area contributed by atoms with Crippen LogP contribution in [0.5, 0.6) is 5.75 Å². The van der Waals surface area contributed by atoms with Crippen LogP contribution < -0.4 is 10.1 Å². The molecule has 2 aromatic rings. The van der Waals surface area contributed by atoms with E-state index < -0.39 is 11.4 Å². The van der Waals surface area contributed by atoms with Crippen molar-refractivity contribution >= 4 is 16.7 Å². The van der Waals surface area contributed by atoms with Crippen LogP contribution in [0.4, 0.5) is 0 Å². The molecule has 2 N–H and O–H groups in total. The van der Waals surface area contributed by atoms with Crippen LogP contribution in [-0.2, 0) is 11.3 Å². The monoisotopic (exact) mass is 433 g/mol. The Morgan fingerprint density at radius 1 is 0.875 bits per heavy atom. The Kier molecular flexibility index (Phi) is 4.80. The van der Waals surface area contributed by atoms with Gasteiger partial charge in [0.05, 0.1) is 11.5 Å². The number of fused-ring (bicyclic) bond motifs is 4. The van der Waals surface area contributed by atoms with Crippen molar-refractivity contribution in [1.29, 1.82) is 0 Å². The molecule has 5 aliphatic rings. The minimum Gasteiger partial charge on any atom is -0.490 e. The standard InChI is InChI=1S/C28H35NO3/c30-25(31)27-11-14-28(15-12-27,16-13-27)29-19-20-1-2-22-18-24(4-3-21(22)17-20)32-23-5-7-26(8-6-23)9-10-26/h1-4,17-18,23,29H,5-16,19H2,(H,30,31). The fraction of sp³-hybridized carbons (Fsp3) is 0.607. The van der Waals surface area contributed by atoms with Gasteiger partial charge >= 0.3 is 5.97 Å². The second-order valence-electron chi connectivity index (χ2n) is 11.4. The molecule has 5 fully saturated rings. The second kappa shape index (κ2) is 7.48. The summed E-state index contributed by atoms with van der Waals surface area (Å²) in [7, 11) is 0. The number of rotatable bonds is 6. The molecule has 2 aromatic carbocycles. The summed E-state index contributed by atoms with van der Waals surface area (Å²) in [6.45, 7) is 0.845. The van der Waals surface area contributed by atoms with Crippen LogP contribution >= 0.6 is 0 Å². The molecule has 0 aliphatic heterocycles. The molecule has 4 heteroatoms. The summed E-state index contributed by atoms with van der Waals surface area (Å²) in [4.78, 5) is 11.7. The number of benzene rings is 2. The fourth-order valence-electron chi connectivity index (χ4n) is 6.71. The Morgan fingerprint density at radius 3 is 2.19 bits per heavy atom. The van der Waals surface area contributed by atoms with Gasteiger partial charge in [0, 0.05) is 12.1 Å². The van der Waals surface area contributed by atoms with Gasteiger partial charge in [-0.2, -0.15) is 0 Å². The first-order valence-electron chi connectivity index (χ1n) is 12.7. The highest BCUT2D eigenvalue weighted by Crippen LogP contribution is 2.56. The highest BCUT2D eigenvalue weighted by atomic mass is 16.5. The van der Waals surface area contributed by atoms with Gasteiger partial charge in [-0.05, 0) is 117 Å². The zero-order chi connectivity index (χ0) is 21.8. The van der Waals surface area contributed by atoms with Gasteiger partial charge in [0.1, 0.15) is 5.75 Å². The molecule has 1 spiro atoms. The molecule has 0 heterocycles. The molecule has 0 atom stereocenters. The molecule has 2 bridgehead atoms. The zero-order valence-corrected chi connectivity index (χ0v) is 19.0. The van der Waals surface area contributed by atoms with Gasteiger partial charge in [-0.15, -0.1) is 0 Å². The maximum atomic E-state index is 11.7. The topological polar surface area (TPSA) is 58.6 Å². The number of aliphatic carboxylic acids is 1. The predicted molar refractivity (Wildman–Crippen MR) is 126 cm³/mol. The van der Waals surface area contributed by atoms with Crippen molar-refractivity contribution in [2.24, 2.45) is 10.8 Å². The van der Waals surface area contributed by atoms with Gasteiger partial charge in [-0.3, -0.25) is 4.79 Å². The van der Waals surface area contributed by atoms with Gasteiger partial charge in [-0.25, -0.2) is 0 Å². The van der Waals surface area contributed by atoms with Gasteiger partial charge in [0.2, 0.25) is 0 Å². The molecule has 4 nitrogen and oxygen atoms in total. The first-order valence-corrected chi connectivity index (χ1v) is 12.7. The third-order valence-corrected chi connectivity index (χ3v) is 9.50. The van der Waals surface area contributed by atoms with Crippen molar-refractivity contribution in [3.63, 3.8) is 0 Å². The van der Waals surface area contributed by atoms with Crippen molar-refractivity contribution in [1.82, 2.24) is 5.32 Å². The number of carboxylic acid groups (broad SMARTS) is 1. The molecule has 5 aliphatic carbocycles. The third-order valence-electron chi connectivity index (χ3n) is 9.50. The van der Waals surface area contributed by atoms with E-state index >= 15 is 0 Å². The highest BCUT2D eigenvalue weighted by Gasteiger charge is 2.52. The lowest BCUT2D eigenvalue weighted by Crippen LogP contribution is -2.56. The first-order chi connectivity index (χ1) is 15.5. The Bertz CT molecular complexity index is 1010. The molecule has 0 saturated heterocycles. The summed E-state index contributed by atoms with van der Waals surface area (Å²) in [5.41, 5.74) is 1.69. The second-order valence-corrected chi connectivity index (χ2v) is 11.4. The molecule has 0 unspecified atom stereocenters. The maximum Gasteiger partial charge on any atom is 0.309 e. The van der Waals surface area contributed by atoms with Crippen LogP contribution in [0.1, 0.15) is 82.6 Å². The molecule has 32 heavy (non-hydrogen) atoms. The van der Waals surface area contributed by atoms with Gasteiger partial charge in [0.25, 0.3) is 0 Å². The van der Waals surface area contributed by atoms with Crippen LogP contribution in [0.3, 0.4) is 0 Å². The van der Waals surface area contributed by atoms with Gasteiger partial charge in [-0.1, -0.05) is 18.2 Å². The lowest BCUT2D eigenvalue weighted by Gasteiger charge is -2.51. The van der Waals surface area contributed by atoms with Crippen LogP contribution in [0, 0.1) is 10.8 Å². The van der Waals surface area contributed by atoms with Crippen molar-refractivity contribution in [2.45, 2.75) is 95.2 Å². The number of hydrogen-bond donors (Lipinski definition) is 2. The average Bonchev–Trinajstić information content (AvgIpc) is 3.59. The lowest BCUT2D eigenvalue weighted by atomic mass is 9.57. The van der Waals surface area contributed by atoms with Crippen LogP contribution in [0.15, 0.2) is 36.4 Å². The summed E-state index contributed by atoms with van der Waals surface area (Å²) in [6, 6.07) is 13.2. The SMILES string of the molecule is O=C(O)C12CCC(NCc3ccc4cc(OC5CCC6(CC5)CC6)ccc4c3)(CC1)CC2. The number of carboxylic acids is 1. The van der Waals surface area contributed by atoms with Crippen LogP contribution in [-0.4, -0.2) is 22.7 Å². The van der Waals surface area contributed by atoms with Gasteiger partial charge in [0.15, 0.2) is 0 Å². The number of carbonyl (C=O) groups is 1. The van der Waals surface area contributed by atoms with E-state index in [9.17, 15) is 9.90 Å². The van der Waals surface area contributed by atoms with E-state index in [4.69, 9.17) is 4.74 Å². The summed E-state index contributed by atoms with van der Waals surface area (Å²) in [5.74, 6) is 0.421. The van der Waals surface area contributed by atoms with E-state index in [0.717, 1.165) is 50.8 Å². The molecular weight excluding hydrogens is 398 g/mol. The molecule has 5 saturated carbocycles. The largest absolute Gasteiger partial charge is 0.490 e. The van der Waals surface area contributed by atoms with Crippen LogP contribution in [0.25, 0.3) is 10.8 Å². The smallest absolute Gasteiger partial charge is 0.309 e. The Morgan fingerprint density at radius 2 is 1.53 bits per heavy atom. The van der Waals surface area contributed by atoms with Crippen molar-refractivity contribution < 1.29 is 14.6 Å². The molecule has 0 radical (unpaired) electrons. The first kappa shape index (κ1) is 20.5. The third kappa shape index (κ3) is 3.71. The fourth-order valence-corrected chi connectivity index (χ4v) is 6.71. The van der Waals surface area contributed by atoms with Crippen molar-refractivity contribution in [2.75, 3.05) is 0 Å². The summed E-state index contributed by atoms with van der Waals surface area (Å²) >= 11 is 0. The summed E-state index contributed by atoms with van der Waals surface area (Å²) in [5, 5.41) is 15.9. The Balaban J connectivity index is 1.08. The van der Waals surface area contributed by atoms with E-state index in [1.807, 2.05) is 0 Å². The van der Waals surface area contributed by atoms with E-state index in [-0.39, 0.29) is 5.54 Å². The molecular formula is C28H35NO3. The van der Waals surface area contributed by atoms with E-state index in [1.165, 1.54) is 54.9 Å². The van der Waals surface area contributed by atoms with Gasteiger partial charge < -0.3 is 15.2 Å². The highest BCUT2D eigenvalue weighted by molar-refractivity contribution is 5.84. The summed E-state index contributed by atoms with van der Waals surface area (Å²) in [6.07, 6.45) is 13.8. The minimum absolute atomic E-state index is 0.128. The van der Waals surface area contributed by atoms with E-state index in [2.05, 4.69) is 41.7 Å². The minimum atomic E-state index is -0.584. The van der Waals surface area contributed by atoms with Crippen LogP contribution in [0.2, 0.25) is 0 Å². The Hall–Kier alpha value is -2.07. The lowest BCUT2D eigenvalue weighted by molar-refractivity contribution is -0.156. The van der Waals surface area contributed by atoms with Crippen molar-refractivity contribution in [3.8, 4) is 5.75 Å². The number of ether oxygens (including phenoxy) is 1. The predicted octanol–water partition coefficient (Wildman–Crippen LogP) is 6.21. The van der Waals surface area contributed by atoms with Crippen molar-refractivity contribution in [3.05, 3.63) is 42.0 Å². The summed E-state index contributed by atoms with van der Waals surface area (Å²) < 4.78 is 6.34. The maximum absolute atomic E-state index is 11.7. The average molecular weight is 434 g/mol. The normalized spacial score (nSPS) is 31.1. The Labute approximate surface area is 190 Å². The molecule has 0 amide bonds. The molecule has 0 aromatic heterocycles. The van der Waals surface area contributed by atoms with E-state index in [0.29, 0.717) is 11.5 Å². The van der Waals surface area contributed by atoms with E-state index in [1.54, 1.807) is 0 Å². The number of hydrogen-bond acceptors (Lipinski definition) is 3.